The van der Waals surface area contributed by atoms with Gasteiger partial charge in [0.25, 0.3) is 0 Å². The van der Waals surface area contributed by atoms with Crippen molar-refractivity contribution in [2.24, 2.45) is 0 Å². The number of thiophene rings is 1. The van der Waals surface area contributed by atoms with Crippen LogP contribution in [0.25, 0.3) is 0 Å². The molecule has 0 unspecified atom stereocenters. The van der Waals surface area contributed by atoms with Gasteiger partial charge in [0.15, 0.2) is 0 Å². The maximum Gasteiger partial charge on any atom is 0.354 e. The maximum atomic E-state index is 11.6. The van der Waals surface area contributed by atoms with Gasteiger partial charge < -0.3 is 15.7 Å². The number of amides is 2. The Kier molecular flexibility index (Phi) is 4.70. The Morgan fingerprint density at radius 2 is 2.20 bits per heavy atom. The predicted octanol–water partition coefficient (Wildman–Crippen LogP) is 2.93. The van der Waals surface area contributed by atoms with Gasteiger partial charge in [-0.3, -0.25) is 0 Å². The minimum absolute atomic E-state index is 0.0700. The summed E-state index contributed by atoms with van der Waals surface area (Å²) in [4.78, 5) is 27.0. The van der Waals surface area contributed by atoms with E-state index in [1.807, 2.05) is 11.4 Å². The van der Waals surface area contributed by atoms with Crippen LogP contribution in [0.2, 0.25) is 0 Å². The summed E-state index contributed by atoms with van der Waals surface area (Å²) in [5, 5.41) is 15.9. The van der Waals surface area contributed by atoms with Gasteiger partial charge >= 0.3 is 12.0 Å². The lowest BCUT2D eigenvalue weighted by atomic mass is 10.3. The van der Waals surface area contributed by atoms with Crippen molar-refractivity contribution in [2.75, 3.05) is 5.32 Å². The molecule has 0 radical (unpaired) electrons. The van der Waals surface area contributed by atoms with Crippen LogP contribution in [0.15, 0.2) is 34.2 Å². The van der Waals surface area contributed by atoms with Crippen LogP contribution in [0.3, 0.4) is 0 Å². The number of carbonyl (C=O) groups is 2. The number of pyridine rings is 1. The van der Waals surface area contributed by atoms with E-state index >= 15 is 0 Å². The minimum Gasteiger partial charge on any atom is -0.477 e. The van der Waals surface area contributed by atoms with E-state index in [0.717, 1.165) is 9.35 Å². The van der Waals surface area contributed by atoms with Crippen molar-refractivity contribution < 1.29 is 14.7 Å². The largest absolute Gasteiger partial charge is 0.477 e. The van der Waals surface area contributed by atoms with Crippen LogP contribution < -0.4 is 10.6 Å². The van der Waals surface area contributed by atoms with E-state index in [2.05, 4.69) is 31.5 Å². The summed E-state index contributed by atoms with van der Waals surface area (Å²) in [6.07, 6.45) is 1.30. The van der Waals surface area contributed by atoms with E-state index in [-0.39, 0.29) is 11.7 Å². The first-order valence-electron chi connectivity index (χ1n) is 5.51. The van der Waals surface area contributed by atoms with Gasteiger partial charge in [0.1, 0.15) is 5.69 Å². The Morgan fingerprint density at radius 1 is 1.40 bits per heavy atom. The molecule has 2 aromatic rings. The number of hydrogen-bond donors (Lipinski definition) is 3. The number of aromatic carboxylic acids is 1. The van der Waals surface area contributed by atoms with Crippen LogP contribution in [0, 0.1) is 0 Å². The fraction of sp³-hybridized carbons (Fsp3) is 0.0833. The van der Waals surface area contributed by atoms with Crippen molar-refractivity contribution in [1.29, 1.82) is 0 Å². The summed E-state index contributed by atoms with van der Waals surface area (Å²) >= 11 is 4.87. The van der Waals surface area contributed by atoms with Gasteiger partial charge in [-0.15, -0.1) is 11.3 Å². The van der Waals surface area contributed by atoms with Gasteiger partial charge in [-0.1, -0.05) is 0 Å². The number of aromatic nitrogens is 1. The summed E-state index contributed by atoms with van der Waals surface area (Å²) in [7, 11) is 0. The van der Waals surface area contributed by atoms with Gasteiger partial charge in [-0.05, 0) is 34.1 Å². The van der Waals surface area contributed by atoms with Crippen molar-refractivity contribution in [2.45, 2.75) is 6.54 Å². The molecule has 0 aliphatic rings. The highest BCUT2D eigenvalue weighted by molar-refractivity contribution is 9.10. The Bertz CT molecular complexity index is 627. The fourth-order valence-electron chi connectivity index (χ4n) is 1.38. The highest BCUT2D eigenvalue weighted by atomic mass is 79.9. The Morgan fingerprint density at radius 3 is 2.75 bits per heavy atom. The monoisotopic (exact) mass is 355 g/mol. The number of anilines is 1. The first-order valence-corrected chi connectivity index (χ1v) is 7.19. The molecular formula is C12H10BrN3O3S. The van der Waals surface area contributed by atoms with Gasteiger partial charge in [0, 0.05) is 14.7 Å². The molecular weight excluding hydrogens is 346 g/mol. The topological polar surface area (TPSA) is 91.3 Å². The average Bonchev–Trinajstić information content (AvgIpc) is 2.83. The lowest BCUT2D eigenvalue weighted by Gasteiger charge is -2.06. The first-order chi connectivity index (χ1) is 9.54. The molecule has 8 heteroatoms. The number of carboxylic acids is 1. The third-order valence-corrected chi connectivity index (χ3v) is 3.98. The van der Waals surface area contributed by atoms with Crippen LogP contribution in [0.5, 0.6) is 0 Å². The molecule has 0 fully saturated rings. The summed E-state index contributed by atoms with van der Waals surface area (Å²) < 4.78 is 0.980. The normalized spacial score (nSPS) is 10.1. The molecule has 2 rings (SSSR count). The zero-order valence-corrected chi connectivity index (χ0v) is 12.5. The average molecular weight is 356 g/mol. The fourth-order valence-corrected chi connectivity index (χ4v) is 2.77. The van der Waals surface area contributed by atoms with Crippen LogP contribution >= 0.6 is 27.3 Å². The molecule has 0 aliphatic carbocycles. The van der Waals surface area contributed by atoms with Crippen molar-refractivity contribution in [3.8, 4) is 0 Å². The van der Waals surface area contributed by atoms with Crippen molar-refractivity contribution in [3.05, 3.63) is 44.8 Å². The van der Waals surface area contributed by atoms with Crippen molar-refractivity contribution in [3.63, 3.8) is 0 Å². The lowest BCUT2D eigenvalue weighted by molar-refractivity contribution is 0.0690. The zero-order chi connectivity index (χ0) is 14.5. The van der Waals surface area contributed by atoms with Crippen LogP contribution in [0.4, 0.5) is 10.5 Å². The van der Waals surface area contributed by atoms with Gasteiger partial charge in [0.05, 0.1) is 18.4 Å². The summed E-state index contributed by atoms with van der Waals surface area (Å²) in [5.41, 5.74) is 0.360. The molecule has 2 heterocycles. The van der Waals surface area contributed by atoms with Gasteiger partial charge in [-0.25, -0.2) is 14.6 Å². The highest BCUT2D eigenvalue weighted by Crippen LogP contribution is 2.19. The first kappa shape index (κ1) is 14.5. The molecule has 6 nitrogen and oxygen atoms in total. The molecule has 20 heavy (non-hydrogen) atoms. The lowest BCUT2D eigenvalue weighted by Crippen LogP contribution is -2.27. The third kappa shape index (κ3) is 4.04. The molecule has 2 aromatic heterocycles. The quantitative estimate of drug-likeness (QED) is 0.786. The molecule has 0 saturated carbocycles. The molecule has 0 spiro atoms. The second-order valence-corrected chi connectivity index (χ2v) is 5.69. The molecule has 0 aromatic carbocycles. The minimum atomic E-state index is -1.11. The van der Waals surface area contributed by atoms with Crippen molar-refractivity contribution in [1.82, 2.24) is 10.3 Å². The van der Waals surface area contributed by atoms with E-state index in [0.29, 0.717) is 12.2 Å². The molecule has 0 aliphatic heterocycles. The van der Waals surface area contributed by atoms with Crippen LogP contribution in [-0.2, 0) is 6.54 Å². The third-order valence-electron chi connectivity index (χ3n) is 2.29. The second-order valence-electron chi connectivity index (χ2n) is 3.78. The van der Waals surface area contributed by atoms with Crippen LogP contribution in [-0.4, -0.2) is 22.1 Å². The molecule has 3 N–H and O–H groups in total. The highest BCUT2D eigenvalue weighted by Gasteiger charge is 2.06. The van der Waals surface area contributed by atoms with E-state index in [1.54, 1.807) is 0 Å². The number of rotatable bonds is 4. The maximum absolute atomic E-state index is 11.6. The van der Waals surface area contributed by atoms with Crippen LogP contribution in [0.1, 0.15) is 15.4 Å². The number of carboxylic acid groups (broad SMARTS) is 1. The number of carbonyl (C=O) groups excluding carboxylic acids is 1. The molecule has 0 bridgehead atoms. The number of halogens is 1. The molecule has 0 saturated heterocycles. The Balaban J connectivity index is 1.86. The van der Waals surface area contributed by atoms with E-state index in [9.17, 15) is 9.59 Å². The van der Waals surface area contributed by atoms with Crippen molar-refractivity contribution >= 4 is 45.0 Å². The smallest absolute Gasteiger partial charge is 0.354 e. The summed E-state index contributed by atoms with van der Waals surface area (Å²) in [6.45, 7) is 0.419. The Labute approximate surface area is 127 Å². The number of urea groups is 1. The van der Waals surface area contributed by atoms with Gasteiger partial charge in [-0.2, -0.15) is 0 Å². The zero-order valence-electron chi connectivity index (χ0n) is 10.1. The van der Waals surface area contributed by atoms with E-state index in [1.165, 1.54) is 29.7 Å². The second kappa shape index (κ2) is 6.49. The number of nitrogens with one attached hydrogen (secondary N) is 2. The molecule has 104 valence electrons. The molecule has 0 atom stereocenters. The SMILES string of the molecule is O=C(NCc1cc(Br)cs1)Nc1ccc(C(=O)O)nc1. The van der Waals surface area contributed by atoms with Gasteiger partial charge in [0.2, 0.25) is 0 Å². The number of nitrogens with zero attached hydrogens (tertiary/aromatic N) is 1. The molecule has 2 amide bonds. The predicted molar refractivity (Wildman–Crippen MR) is 79.1 cm³/mol. The Hall–Kier alpha value is -1.93. The number of hydrogen-bond acceptors (Lipinski definition) is 4. The van der Waals surface area contributed by atoms with E-state index < -0.39 is 5.97 Å². The van der Waals surface area contributed by atoms with E-state index in [4.69, 9.17) is 5.11 Å². The summed E-state index contributed by atoms with van der Waals surface area (Å²) in [6, 6.07) is 4.36. The summed E-state index contributed by atoms with van der Waals surface area (Å²) in [5.74, 6) is -1.11. The standard InChI is InChI=1S/C12H10BrN3O3S/c13-7-3-9(20-6-7)5-15-12(19)16-8-1-2-10(11(17)18)14-4-8/h1-4,6H,5H2,(H,17,18)(H2,15,16,19).